The summed E-state index contributed by atoms with van der Waals surface area (Å²) in [5, 5.41) is 11.9. The Labute approximate surface area is 438 Å². The van der Waals surface area contributed by atoms with Gasteiger partial charge in [0.25, 0.3) is 0 Å². The smallest absolute Gasteiger partial charge is 0.246 e. The zero-order chi connectivity index (χ0) is 52.0. The third-order valence-electron chi connectivity index (χ3n) is 15.3. The molecule has 4 aliphatic rings. The summed E-state index contributed by atoms with van der Waals surface area (Å²) in [5.74, 6) is 0.233. The van der Waals surface area contributed by atoms with Gasteiger partial charge < -0.3 is 40.5 Å². The van der Waals surface area contributed by atoms with Gasteiger partial charge in [-0.25, -0.2) is 0 Å². The van der Waals surface area contributed by atoms with Crippen LogP contribution in [-0.4, -0.2) is 131 Å². The number of amides is 5. The first kappa shape index (κ1) is 57.3. The maximum absolute atomic E-state index is 14.5. The maximum atomic E-state index is 14.5. The van der Waals surface area contributed by atoms with Crippen molar-refractivity contribution < 1.29 is 38.2 Å². The zero-order valence-corrected chi connectivity index (χ0v) is 45.9. The molecule has 6 rings (SSSR count). The monoisotopic (exact) mass is 1030 g/mol. The van der Waals surface area contributed by atoms with Crippen LogP contribution in [0.15, 0.2) is 60.7 Å². The first-order valence-corrected chi connectivity index (χ1v) is 28.8. The lowest BCUT2D eigenvalue weighted by Crippen LogP contribution is -2.57. The number of ketones is 1. The van der Waals surface area contributed by atoms with Crippen molar-refractivity contribution in [2.45, 2.75) is 178 Å². The highest BCUT2D eigenvalue weighted by Crippen LogP contribution is 2.48. The van der Waals surface area contributed by atoms with Crippen LogP contribution >= 0.6 is 23.5 Å². The van der Waals surface area contributed by atoms with Crippen LogP contribution in [0.3, 0.4) is 0 Å². The van der Waals surface area contributed by atoms with Crippen LogP contribution in [0.2, 0.25) is 0 Å². The van der Waals surface area contributed by atoms with Gasteiger partial charge in [0.1, 0.15) is 18.1 Å². The number of carbonyl (C=O) groups excluding carboxylic acids is 6. The van der Waals surface area contributed by atoms with Crippen LogP contribution < -0.4 is 21.3 Å². The zero-order valence-electron chi connectivity index (χ0n) is 44.3. The topological polar surface area (TPSA) is 175 Å². The fourth-order valence-electron chi connectivity index (χ4n) is 10.8. The average molecular weight is 1030 g/mol. The van der Waals surface area contributed by atoms with Gasteiger partial charge in [0.05, 0.1) is 42.1 Å². The summed E-state index contributed by atoms with van der Waals surface area (Å²) in [6.45, 7) is 15.7. The molecule has 0 aromatic heterocycles. The van der Waals surface area contributed by atoms with E-state index in [9.17, 15) is 28.8 Å². The molecule has 5 amide bonds. The van der Waals surface area contributed by atoms with Gasteiger partial charge in [0.2, 0.25) is 29.5 Å². The molecule has 2 aromatic rings. The molecule has 4 saturated heterocycles. The Bertz CT molecular complexity index is 1970. The van der Waals surface area contributed by atoms with Gasteiger partial charge in [-0.2, -0.15) is 0 Å². The lowest BCUT2D eigenvalue weighted by Gasteiger charge is -2.35. The van der Waals surface area contributed by atoms with Gasteiger partial charge in [-0.1, -0.05) is 128 Å². The van der Waals surface area contributed by atoms with Crippen LogP contribution in [-0.2, 0) is 38.2 Å². The van der Waals surface area contributed by atoms with E-state index in [4.69, 9.17) is 9.47 Å². The SMILES string of the molecule is CC[C@@H](C)C(=O)N[C@H]1CCS[C@H]2CC(C)(C)[C@@H](C(=O)N[C@H](COCCCCCCCCOC[C@@H](CC(=O)[C@H]3N4C(=O)[C@@H](NC(=O)[C@H](C)NC)CCS[C@H]4CC3(C)C)c3ccccc3)c3ccccc3)N2C1=O. The molecule has 0 radical (unpaired) electrons. The molecular weight excluding hydrogens is 949 g/mol. The number of nitrogens with zero attached hydrogens (tertiary/aromatic N) is 2. The Morgan fingerprint density at radius 2 is 1.17 bits per heavy atom. The third kappa shape index (κ3) is 14.9. The van der Waals surface area contributed by atoms with Crippen LogP contribution in [0, 0.1) is 16.7 Å². The van der Waals surface area contributed by atoms with E-state index in [1.54, 1.807) is 47.3 Å². The predicted molar refractivity (Wildman–Crippen MR) is 287 cm³/mol. The Hall–Kier alpha value is -3.96. The number of likely N-dealkylation sites (N-methyl/N-ethyl adjacent to an activating group) is 1. The molecule has 0 bridgehead atoms. The normalized spacial score (nSPS) is 25.3. The lowest BCUT2D eigenvalue weighted by molar-refractivity contribution is -0.144. The summed E-state index contributed by atoms with van der Waals surface area (Å²) < 4.78 is 12.5. The van der Waals surface area contributed by atoms with Gasteiger partial charge in [0, 0.05) is 31.5 Å². The van der Waals surface area contributed by atoms with E-state index in [0.717, 1.165) is 61.2 Å². The maximum Gasteiger partial charge on any atom is 0.246 e. The summed E-state index contributed by atoms with van der Waals surface area (Å²) in [5.41, 5.74) is 1.09. The fourth-order valence-corrected chi connectivity index (χ4v) is 13.9. The Kier molecular flexibility index (Phi) is 21.5. The fraction of sp³-hybridized carbons (Fsp3) is 0.679. The molecule has 0 spiro atoms. The Morgan fingerprint density at radius 3 is 1.71 bits per heavy atom. The highest BCUT2D eigenvalue weighted by atomic mass is 32.2. The number of fused-ring (bicyclic) bond motifs is 2. The summed E-state index contributed by atoms with van der Waals surface area (Å²) in [7, 11) is 1.72. The molecule has 14 nitrogen and oxygen atoms in total. The summed E-state index contributed by atoms with van der Waals surface area (Å²) >= 11 is 3.40. The number of hydrogen-bond acceptors (Lipinski definition) is 11. The van der Waals surface area contributed by atoms with Crippen molar-refractivity contribution >= 4 is 58.8 Å². The first-order chi connectivity index (χ1) is 34.5. The van der Waals surface area contributed by atoms with E-state index in [0.29, 0.717) is 58.5 Å². The van der Waals surface area contributed by atoms with Crippen LogP contribution in [0.1, 0.15) is 149 Å². The Morgan fingerprint density at radius 1 is 0.681 bits per heavy atom. The minimum Gasteiger partial charge on any atom is -0.381 e. The van der Waals surface area contributed by atoms with E-state index in [2.05, 4.69) is 49.0 Å². The summed E-state index contributed by atoms with van der Waals surface area (Å²) in [6.07, 6.45) is 9.39. The molecule has 398 valence electrons. The minimum absolute atomic E-state index is 0.0315. The van der Waals surface area contributed by atoms with Crippen molar-refractivity contribution in [3.05, 3.63) is 71.8 Å². The standard InChI is InChI=1S/C56H84N6O8S2/c1-9-37(2)50(64)58-42-26-30-72-47-34-56(6,7)49(62(47)54(42)68)52(66)60-44(40-24-18-15-19-25-40)36-70-29-21-13-11-10-12-20-28-69-35-41(39-22-16-14-17-23-39)32-45(63)48-55(4,5)33-46-61(48)53(67)43(27-31-71-46)59-51(65)38(3)57-8/h14-19,22-25,37-38,41-44,46-49,57H,9-13,20-21,26-36H2,1-8H3,(H,58,64)(H,59,65)(H,60,66)/t37-,38+,41-,42+,43+,44-,46+,47+,48-,49-/m1/s1. The van der Waals surface area contributed by atoms with Crippen molar-refractivity contribution in [3.8, 4) is 0 Å². The molecule has 4 heterocycles. The molecular formula is C56H84N6O8S2. The molecule has 2 aromatic carbocycles. The number of thioether (sulfide) groups is 2. The van der Waals surface area contributed by atoms with Gasteiger partial charge in [0.15, 0.2) is 5.78 Å². The molecule has 16 heteroatoms. The Balaban J connectivity index is 0.936. The van der Waals surface area contributed by atoms with Gasteiger partial charge in [-0.15, -0.1) is 23.5 Å². The quantitative estimate of drug-likeness (QED) is 0.0678. The molecule has 4 aliphatic heterocycles. The van der Waals surface area contributed by atoms with Crippen molar-refractivity contribution in [3.63, 3.8) is 0 Å². The van der Waals surface area contributed by atoms with Crippen LogP contribution in [0.4, 0.5) is 0 Å². The summed E-state index contributed by atoms with van der Waals surface area (Å²) in [4.78, 5) is 86.4. The van der Waals surface area contributed by atoms with Gasteiger partial charge >= 0.3 is 0 Å². The van der Waals surface area contributed by atoms with Gasteiger partial charge in [-0.05, 0) is 92.4 Å². The number of unbranched alkanes of at least 4 members (excludes halogenated alkanes) is 5. The molecule has 4 N–H and O–H groups in total. The summed E-state index contributed by atoms with van der Waals surface area (Å²) in [6, 6.07) is 16.5. The number of carbonyl (C=O) groups is 6. The first-order valence-electron chi connectivity index (χ1n) is 26.7. The molecule has 10 atom stereocenters. The van der Waals surface area contributed by atoms with Crippen LogP contribution in [0.25, 0.3) is 0 Å². The molecule has 4 fully saturated rings. The molecule has 72 heavy (non-hydrogen) atoms. The number of hydrogen-bond donors (Lipinski definition) is 4. The van der Waals surface area contributed by atoms with Crippen molar-refractivity contribution in [2.75, 3.05) is 45.0 Å². The number of nitrogens with one attached hydrogen (secondary N) is 4. The average Bonchev–Trinajstić information content (AvgIpc) is 3.68. The predicted octanol–water partition coefficient (Wildman–Crippen LogP) is 7.76. The van der Waals surface area contributed by atoms with E-state index < -0.39 is 47.1 Å². The highest BCUT2D eigenvalue weighted by molar-refractivity contribution is 8.00. The number of ether oxygens (including phenoxy) is 2. The highest BCUT2D eigenvalue weighted by Gasteiger charge is 2.56. The van der Waals surface area contributed by atoms with E-state index in [1.807, 2.05) is 74.5 Å². The molecule has 0 saturated carbocycles. The van der Waals surface area contributed by atoms with Gasteiger partial charge in [-0.3, -0.25) is 28.8 Å². The second kappa shape index (κ2) is 27.0. The molecule has 0 aliphatic carbocycles. The second-order valence-corrected chi connectivity index (χ2v) is 24.4. The second-order valence-electron chi connectivity index (χ2n) is 21.9. The van der Waals surface area contributed by atoms with Crippen LogP contribution in [0.5, 0.6) is 0 Å². The minimum atomic E-state index is -0.686. The number of benzene rings is 2. The van der Waals surface area contributed by atoms with E-state index >= 15 is 0 Å². The number of Topliss-reactive ketones (excluding diaryl/α,β-unsaturated/α-hetero) is 1. The van der Waals surface area contributed by atoms with E-state index in [-0.39, 0.29) is 64.3 Å². The number of rotatable bonds is 26. The van der Waals surface area contributed by atoms with Crippen molar-refractivity contribution in [1.82, 2.24) is 31.1 Å². The molecule has 0 unspecified atom stereocenters. The van der Waals surface area contributed by atoms with Crippen molar-refractivity contribution in [2.24, 2.45) is 16.7 Å². The third-order valence-corrected chi connectivity index (χ3v) is 17.8. The van der Waals surface area contributed by atoms with E-state index in [1.165, 1.54) is 0 Å². The van der Waals surface area contributed by atoms with Crippen molar-refractivity contribution in [1.29, 1.82) is 0 Å². The largest absolute Gasteiger partial charge is 0.381 e. The lowest BCUT2D eigenvalue weighted by atomic mass is 9.79.